The van der Waals surface area contributed by atoms with Crippen LogP contribution in [0.15, 0.2) is 54.6 Å². The molecule has 8 heteroatoms. The van der Waals surface area contributed by atoms with Crippen LogP contribution in [0.5, 0.6) is 0 Å². The number of aromatic nitrogens is 2. The van der Waals surface area contributed by atoms with E-state index in [9.17, 15) is 14.9 Å². The molecule has 136 valence electrons. The number of hydrogen-bond acceptors (Lipinski definition) is 5. The molecule has 0 aliphatic rings. The summed E-state index contributed by atoms with van der Waals surface area (Å²) in [5.41, 5.74) is 2.71. The Hall–Kier alpha value is -3.13. The molecular formula is C19H15BrN4O3. The lowest BCUT2D eigenvalue weighted by molar-refractivity contribution is -0.384. The van der Waals surface area contributed by atoms with Gasteiger partial charge < -0.3 is 5.32 Å². The number of nitro benzene ring substituents is 1. The molecule has 1 N–H and O–H groups in total. The van der Waals surface area contributed by atoms with E-state index in [1.54, 1.807) is 19.1 Å². The highest BCUT2D eigenvalue weighted by Crippen LogP contribution is 2.32. The fourth-order valence-electron chi connectivity index (χ4n) is 2.59. The second kappa shape index (κ2) is 8.05. The third-order valence-electron chi connectivity index (χ3n) is 3.84. The maximum absolute atomic E-state index is 11.9. The van der Waals surface area contributed by atoms with Crippen molar-refractivity contribution < 1.29 is 9.72 Å². The standard InChI is InChI=1S/C19H15BrN4O3/c1-12-17(22-16(25)11-20)18(14-8-5-9-15(10-14)24(26)27)23-19(21-12)13-6-3-2-4-7-13/h2-10H,11H2,1H3,(H,22,25). The Morgan fingerprint density at radius 2 is 1.81 bits per heavy atom. The van der Waals surface area contributed by atoms with E-state index in [1.165, 1.54) is 12.1 Å². The van der Waals surface area contributed by atoms with Crippen molar-refractivity contribution >= 4 is 33.2 Å². The van der Waals surface area contributed by atoms with Gasteiger partial charge in [0.2, 0.25) is 5.91 Å². The summed E-state index contributed by atoms with van der Waals surface area (Å²) in [5, 5.41) is 14.0. The minimum absolute atomic E-state index is 0.0530. The smallest absolute Gasteiger partial charge is 0.270 e. The first-order valence-electron chi connectivity index (χ1n) is 8.04. The van der Waals surface area contributed by atoms with Gasteiger partial charge in [0.1, 0.15) is 0 Å². The van der Waals surface area contributed by atoms with Gasteiger partial charge >= 0.3 is 0 Å². The lowest BCUT2D eigenvalue weighted by atomic mass is 10.1. The summed E-state index contributed by atoms with van der Waals surface area (Å²) in [6.07, 6.45) is 0. The quantitative estimate of drug-likeness (QED) is 0.371. The molecule has 3 aromatic rings. The van der Waals surface area contributed by atoms with Crippen molar-refractivity contribution in [1.29, 1.82) is 0 Å². The SMILES string of the molecule is Cc1nc(-c2ccccc2)nc(-c2cccc([N+](=O)[O-])c2)c1NC(=O)CBr. The summed E-state index contributed by atoms with van der Waals surface area (Å²) in [6, 6.07) is 15.5. The summed E-state index contributed by atoms with van der Waals surface area (Å²) in [4.78, 5) is 31.7. The molecule has 1 heterocycles. The van der Waals surface area contributed by atoms with Crippen LogP contribution in [0.3, 0.4) is 0 Å². The molecule has 0 bridgehead atoms. The molecule has 0 spiro atoms. The van der Waals surface area contributed by atoms with Gasteiger partial charge in [-0.2, -0.15) is 0 Å². The van der Waals surface area contributed by atoms with Crippen LogP contribution in [0.1, 0.15) is 5.69 Å². The second-order valence-corrected chi connectivity index (χ2v) is 6.27. The number of carbonyl (C=O) groups excluding carboxylic acids is 1. The van der Waals surface area contributed by atoms with Gasteiger partial charge in [0.05, 0.1) is 27.3 Å². The molecule has 0 atom stereocenters. The number of rotatable bonds is 5. The average molecular weight is 427 g/mol. The number of non-ortho nitro benzene ring substituents is 1. The lowest BCUT2D eigenvalue weighted by Crippen LogP contribution is -2.15. The molecule has 1 aromatic heterocycles. The summed E-state index contributed by atoms with van der Waals surface area (Å²) >= 11 is 3.12. The maximum Gasteiger partial charge on any atom is 0.270 e. The highest BCUT2D eigenvalue weighted by Gasteiger charge is 2.18. The number of nitrogens with one attached hydrogen (secondary N) is 1. The maximum atomic E-state index is 11.9. The highest BCUT2D eigenvalue weighted by molar-refractivity contribution is 9.09. The number of halogens is 1. The zero-order valence-corrected chi connectivity index (χ0v) is 15.9. The van der Waals surface area contributed by atoms with Gasteiger partial charge in [0.15, 0.2) is 5.82 Å². The first-order chi connectivity index (χ1) is 13.0. The summed E-state index contributed by atoms with van der Waals surface area (Å²) in [7, 11) is 0. The van der Waals surface area contributed by atoms with E-state index in [1.807, 2.05) is 30.3 Å². The van der Waals surface area contributed by atoms with Crippen molar-refractivity contribution in [3.05, 3.63) is 70.4 Å². The lowest BCUT2D eigenvalue weighted by Gasteiger charge is -2.14. The Labute approximate surface area is 163 Å². The number of nitrogens with zero attached hydrogens (tertiary/aromatic N) is 3. The minimum Gasteiger partial charge on any atom is -0.322 e. The Morgan fingerprint density at radius 3 is 2.48 bits per heavy atom. The Bertz CT molecular complexity index is 1010. The third kappa shape index (κ3) is 4.17. The normalized spacial score (nSPS) is 10.4. The fraction of sp³-hybridized carbons (Fsp3) is 0.105. The molecule has 7 nitrogen and oxygen atoms in total. The molecule has 27 heavy (non-hydrogen) atoms. The molecule has 0 radical (unpaired) electrons. The van der Waals surface area contributed by atoms with Crippen molar-refractivity contribution in [1.82, 2.24) is 9.97 Å². The average Bonchev–Trinajstić information content (AvgIpc) is 2.69. The third-order valence-corrected chi connectivity index (χ3v) is 4.35. The van der Waals surface area contributed by atoms with Gasteiger partial charge in [-0.1, -0.05) is 58.4 Å². The highest BCUT2D eigenvalue weighted by atomic mass is 79.9. The van der Waals surface area contributed by atoms with E-state index in [0.29, 0.717) is 28.5 Å². The van der Waals surface area contributed by atoms with Gasteiger partial charge in [-0.05, 0) is 6.92 Å². The van der Waals surface area contributed by atoms with Crippen LogP contribution in [-0.2, 0) is 4.79 Å². The zero-order valence-electron chi connectivity index (χ0n) is 14.3. The summed E-state index contributed by atoms with van der Waals surface area (Å²) in [6.45, 7) is 1.76. The molecule has 0 saturated carbocycles. The fourth-order valence-corrected chi connectivity index (χ4v) is 2.73. The number of benzene rings is 2. The Morgan fingerprint density at radius 1 is 1.11 bits per heavy atom. The van der Waals surface area contributed by atoms with Crippen LogP contribution in [-0.4, -0.2) is 26.1 Å². The van der Waals surface area contributed by atoms with Gasteiger partial charge in [-0.3, -0.25) is 14.9 Å². The van der Waals surface area contributed by atoms with Crippen LogP contribution in [0, 0.1) is 17.0 Å². The van der Waals surface area contributed by atoms with Gasteiger partial charge in [0.25, 0.3) is 5.69 Å². The van der Waals surface area contributed by atoms with Crippen LogP contribution >= 0.6 is 15.9 Å². The van der Waals surface area contributed by atoms with E-state index < -0.39 is 4.92 Å². The van der Waals surface area contributed by atoms with Crippen molar-refractivity contribution in [2.45, 2.75) is 6.92 Å². The van der Waals surface area contributed by atoms with Crippen LogP contribution in [0.2, 0.25) is 0 Å². The largest absolute Gasteiger partial charge is 0.322 e. The number of alkyl halides is 1. The van der Waals surface area contributed by atoms with Crippen molar-refractivity contribution in [2.75, 3.05) is 10.6 Å². The number of aryl methyl sites for hydroxylation is 1. The number of amides is 1. The van der Waals surface area contributed by atoms with E-state index in [4.69, 9.17) is 0 Å². The first kappa shape index (κ1) is 18.7. The van der Waals surface area contributed by atoms with Crippen molar-refractivity contribution in [3.63, 3.8) is 0 Å². The molecule has 0 aliphatic carbocycles. The number of anilines is 1. The molecule has 1 amide bonds. The summed E-state index contributed by atoms with van der Waals surface area (Å²) < 4.78 is 0. The number of nitro groups is 1. The number of hydrogen-bond donors (Lipinski definition) is 1. The predicted octanol–water partition coefficient (Wildman–Crippen LogP) is 4.36. The van der Waals surface area contributed by atoms with Crippen molar-refractivity contribution in [2.24, 2.45) is 0 Å². The molecule has 0 unspecified atom stereocenters. The van der Waals surface area contributed by atoms with Crippen LogP contribution in [0.4, 0.5) is 11.4 Å². The van der Waals surface area contributed by atoms with Crippen LogP contribution in [0.25, 0.3) is 22.6 Å². The molecule has 0 fully saturated rings. The minimum atomic E-state index is -0.466. The zero-order chi connectivity index (χ0) is 19.4. The second-order valence-electron chi connectivity index (χ2n) is 5.71. The predicted molar refractivity (Wildman–Crippen MR) is 107 cm³/mol. The van der Waals surface area contributed by atoms with E-state index in [0.717, 1.165) is 5.56 Å². The van der Waals surface area contributed by atoms with Gasteiger partial charge in [-0.15, -0.1) is 0 Å². The van der Waals surface area contributed by atoms with Gasteiger partial charge in [0, 0.05) is 23.3 Å². The molecule has 0 aliphatic heterocycles. The molecule has 0 saturated heterocycles. The van der Waals surface area contributed by atoms with E-state index >= 15 is 0 Å². The topological polar surface area (TPSA) is 98.0 Å². The first-order valence-corrected chi connectivity index (χ1v) is 9.16. The number of carbonyl (C=O) groups is 1. The molecule has 3 rings (SSSR count). The molecule has 2 aromatic carbocycles. The molecular weight excluding hydrogens is 412 g/mol. The van der Waals surface area contributed by atoms with E-state index in [2.05, 4.69) is 31.2 Å². The summed E-state index contributed by atoms with van der Waals surface area (Å²) in [5.74, 6) is 0.215. The Balaban J connectivity index is 2.21. The van der Waals surface area contributed by atoms with Crippen molar-refractivity contribution in [3.8, 4) is 22.6 Å². The van der Waals surface area contributed by atoms with Gasteiger partial charge in [-0.25, -0.2) is 9.97 Å². The Kier molecular flexibility index (Phi) is 5.56. The van der Waals surface area contributed by atoms with E-state index in [-0.39, 0.29) is 16.9 Å². The van der Waals surface area contributed by atoms with Crippen LogP contribution < -0.4 is 5.32 Å². The monoisotopic (exact) mass is 426 g/mol.